The smallest absolute Gasteiger partial charge is 0.137 e. The fraction of sp³-hybridized carbons (Fsp3) is 0.182. The van der Waals surface area contributed by atoms with Crippen molar-refractivity contribution >= 4 is 21.4 Å². The summed E-state index contributed by atoms with van der Waals surface area (Å²) < 4.78 is 6.72. The Morgan fingerprint density at radius 2 is 2.31 bits per heavy atom. The zero-order chi connectivity index (χ0) is 9.26. The van der Waals surface area contributed by atoms with E-state index in [2.05, 4.69) is 18.4 Å². The quantitative estimate of drug-likeness (QED) is 0.706. The maximum Gasteiger partial charge on any atom is 0.137 e. The van der Waals surface area contributed by atoms with Crippen molar-refractivity contribution in [3.63, 3.8) is 0 Å². The molecule has 1 nitrogen and oxygen atoms in total. The Hall–Kier alpha value is -1.02. The summed E-state index contributed by atoms with van der Waals surface area (Å²) >= 11 is 1.69. The van der Waals surface area contributed by atoms with E-state index in [9.17, 15) is 0 Å². The molecular formula is C11H11OS. The van der Waals surface area contributed by atoms with E-state index in [1.54, 1.807) is 11.3 Å². The van der Waals surface area contributed by atoms with Gasteiger partial charge in [-0.25, -0.2) is 0 Å². The van der Waals surface area contributed by atoms with E-state index < -0.39 is 0 Å². The van der Waals surface area contributed by atoms with Gasteiger partial charge in [0.15, 0.2) is 0 Å². The molecule has 67 valence electrons. The number of rotatable bonds is 2. The summed E-state index contributed by atoms with van der Waals surface area (Å²) in [5.41, 5.74) is 1.08. The summed E-state index contributed by atoms with van der Waals surface area (Å²) in [4.78, 5) is 0. The van der Waals surface area contributed by atoms with Crippen molar-refractivity contribution in [1.82, 2.24) is 0 Å². The lowest BCUT2D eigenvalue weighted by atomic mass is 10.2. The Balaban J connectivity index is 2.63. The first kappa shape index (κ1) is 8.57. The average molecular weight is 191 g/mol. The van der Waals surface area contributed by atoms with E-state index in [-0.39, 0.29) is 0 Å². The number of ether oxygens (including phenoxy) is 1. The molecule has 0 atom stereocenters. The van der Waals surface area contributed by atoms with Crippen LogP contribution in [-0.4, -0.2) is 6.61 Å². The van der Waals surface area contributed by atoms with Crippen molar-refractivity contribution in [2.75, 3.05) is 6.61 Å². The number of benzene rings is 1. The molecule has 13 heavy (non-hydrogen) atoms. The molecule has 2 aromatic rings. The molecule has 2 rings (SSSR count). The van der Waals surface area contributed by atoms with Crippen LogP contribution in [0.15, 0.2) is 23.6 Å². The normalized spacial score (nSPS) is 10.6. The van der Waals surface area contributed by atoms with Crippen LogP contribution < -0.4 is 4.74 Å². The van der Waals surface area contributed by atoms with Gasteiger partial charge < -0.3 is 4.74 Å². The lowest BCUT2D eigenvalue weighted by Gasteiger charge is -2.03. The molecule has 0 unspecified atom stereocenters. The van der Waals surface area contributed by atoms with Crippen molar-refractivity contribution in [1.29, 1.82) is 0 Å². The third-order valence-corrected chi connectivity index (χ3v) is 3.00. The van der Waals surface area contributed by atoms with Crippen molar-refractivity contribution < 1.29 is 4.74 Å². The molecule has 0 saturated carbocycles. The van der Waals surface area contributed by atoms with Crippen molar-refractivity contribution in [3.05, 3.63) is 36.1 Å². The van der Waals surface area contributed by atoms with Gasteiger partial charge in [0.1, 0.15) is 5.75 Å². The van der Waals surface area contributed by atoms with Gasteiger partial charge in [0, 0.05) is 0 Å². The van der Waals surface area contributed by atoms with Gasteiger partial charge in [-0.05, 0) is 36.2 Å². The summed E-state index contributed by atoms with van der Waals surface area (Å²) in [5, 5.41) is 3.27. The SMILES string of the molecule is [CH2]c1csc2c(OCC)cccc12. The van der Waals surface area contributed by atoms with E-state index in [0.29, 0.717) is 6.61 Å². The Kier molecular flexibility index (Phi) is 2.23. The summed E-state index contributed by atoms with van der Waals surface area (Å²) in [6, 6.07) is 6.09. The third-order valence-electron chi connectivity index (χ3n) is 1.94. The van der Waals surface area contributed by atoms with Crippen LogP contribution in [0.4, 0.5) is 0 Å². The summed E-state index contributed by atoms with van der Waals surface area (Å²) in [6.07, 6.45) is 0. The minimum atomic E-state index is 0.712. The molecule has 2 heteroatoms. The molecule has 0 saturated heterocycles. The molecule has 0 fully saturated rings. The summed E-state index contributed by atoms with van der Waals surface area (Å²) in [5.74, 6) is 0.972. The first-order chi connectivity index (χ1) is 6.33. The number of hydrogen-bond donors (Lipinski definition) is 0. The minimum Gasteiger partial charge on any atom is -0.492 e. The molecule has 0 amide bonds. The van der Waals surface area contributed by atoms with Gasteiger partial charge in [0.2, 0.25) is 0 Å². The molecule has 1 aromatic heterocycles. The second-order valence-electron chi connectivity index (χ2n) is 2.83. The molecule has 0 aliphatic heterocycles. The van der Waals surface area contributed by atoms with Crippen LogP contribution in [0.5, 0.6) is 5.75 Å². The Labute approximate surface area is 82.0 Å². The molecule has 1 heterocycles. The van der Waals surface area contributed by atoms with E-state index in [1.165, 1.54) is 10.1 Å². The zero-order valence-electron chi connectivity index (χ0n) is 7.54. The van der Waals surface area contributed by atoms with E-state index >= 15 is 0 Å². The van der Waals surface area contributed by atoms with Crippen molar-refractivity contribution in [2.24, 2.45) is 0 Å². The van der Waals surface area contributed by atoms with Crippen LogP contribution in [0.1, 0.15) is 12.5 Å². The van der Waals surface area contributed by atoms with Crippen LogP contribution >= 0.6 is 11.3 Å². The topological polar surface area (TPSA) is 9.23 Å². The molecule has 0 aliphatic rings. The molecular weight excluding hydrogens is 180 g/mol. The monoisotopic (exact) mass is 191 g/mol. The largest absolute Gasteiger partial charge is 0.492 e. The third kappa shape index (κ3) is 1.42. The van der Waals surface area contributed by atoms with E-state index in [1.807, 2.05) is 19.1 Å². The zero-order valence-corrected chi connectivity index (χ0v) is 8.36. The van der Waals surface area contributed by atoms with Crippen LogP contribution in [0, 0.1) is 6.92 Å². The fourth-order valence-electron chi connectivity index (χ4n) is 1.35. The minimum absolute atomic E-state index is 0.712. The second-order valence-corrected chi connectivity index (χ2v) is 3.71. The molecule has 0 bridgehead atoms. The highest BCUT2D eigenvalue weighted by atomic mass is 32.1. The van der Waals surface area contributed by atoms with Gasteiger partial charge in [-0.2, -0.15) is 0 Å². The van der Waals surface area contributed by atoms with Gasteiger partial charge in [-0.15, -0.1) is 11.3 Å². The van der Waals surface area contributed by atoms with Crippen LogP contribution in [-0.2, 0) is 0 Å². The molecule has 0 N–H and O–H groups in total. The van der Waals surface area contributed by atoms with Crippen molar-refractivity contribution in [2.45, 2.75) is 6.92 Å². The van der Waals surface area contributed by atoms with E-state index in [4.69, 9.17) is 4.74 Å². The van der Waals surface area contributed by atoms with Gasteiger partial charge in [-0.1, -0.05) is 12.1 Å². The second kappa shape index (κ2) is 3.38. The van der Waals surface area contributed by atoms with Crippen molar-refractivity contribution in [3.8, 4) is 5.75 Å². The highest BCUT2D eigenvalue weighted by molar-refractivity contribution is 7.17. The maximum atomic E-state index is 5.52. The Morgan fingerprint density at radius 3 is 3.08 bits per heavy atom. The Morgan fingerprint density at radius 1 is 1.46 bits per heavy atom. The van der Waals surface area contributed by atoms with Crippen LogP contribution in [0.25, 0.3) is 10.1 Å². The number of hydrogen-bond acceptors (Lipinski definition) is 2. The predicted molar refractivity (Wildman–Crippen MR) is 57.5 cm³/mol. The first-order valence-corrected chi connectivity index (χ1v) is 5.16. The summed E-state index contributed by atoms with van der Waals surface area (Å²) in [7, 11) is 0. The van der Waals surface area contributed by atoms with Gasteiger partial charge in [-0.3, -0.25) is 0 Å². The Bertz CT molecular complexity index is 417. The molecule has 0 aliphatic carbocycles. The van der Waals surface area contributed by atoms with Crippen LogP contribution in [0.3, 0.4) is 0 Å². The number of fused-ring (bicyclic) bond motifs is 1. The molecule has 0 spiro atoms. The maximum absolute atomic E-state index is 5.52. The standard InChI is InChI=1S/C11H11OS/c1-3-12-10-6-4-5-9-8(2)7-13-11(9)10/h4-7H,2-3H2,1H3. The predicted octanol–water partition coefficient (Wildman–Crippen LogP) is 3.48. The fourth-order valence-corrected chi connectivity index (χ4v) is 2.31. The average Bonchev–Trinajstić information content (AvgIpc) is 2.50. The molecule has 1 aromatic carbocycles. The summed E-state index contributed by atoms with van der Waals surface area (Å²) in [6.45, 7) is 6.67. The van der Waals surface area contributed by atoms with Gasteiger partial charge >= 0.3 is 0 Å². The van der Waals surface area contributed by atoms with Crippen LogP contribution in [0.2, 0.25) is 0 Å². The highest BCUT2D eigenvalue weighted by Crippen LogP contribution is 2.33. The lowest BCUT2D eigenvalue weighted by molar-refractivity contribution is 0.345. The van der Waals surface area contributed by atoms with Gasteiger partial charge in [0.05, 0.1) is 11.3 Å². The number of thiophene rings is 1. The van der Waals surface area contributed by atoms with Gasteiger partial charge in [0.25, 0.3) is 0 Å². The van der Waals surface area contributed by atoms with E-state index in [0.717, 1.165) is 11.3 Å². The first-order valence-electron chi connectivity index (χ1n) is 4.28. The lowest BCUT2D eigenvalue weighted by Crippen LogP contribution is -1.90. The molecule has 1 radical (unpaired) electrons. The highest BCUT2D eigenvalue weighted by Gasteiger charge is 2.04.